The largest absolute Gasteiger partial charge is 0.351 e. The van der Waals surface area contributed by atoms with Gasteiger partial charge in [0.05, 0.1) is 11.6 Å². The molecule has 2 aromatic heterocycles. The molecule has 2 aromatic rings. The number of likely N-dealkylation sites (tertiary alicyclic amines) is 1. The van der Waals surface area contributed by atoms with Crippen LogP contribution in [0.1, 0.15) is 66.5 Å². The van der Waals surface area contributed by atoms with Crippen LogP contribution in [0.2, 0.25) is 0 Å². The summed E-state index contributed by atoms with van der Waals surface area (Å²) < 4.78 is 10.5. The Morgan fingerprint density at radius 1 is 1.39 bits per heavy atom. The Balaban J connectivity index is 1.66. The molecule has 3 heterocycles. The molecule has 1 saturated heterocycles. The van der Waals surface area contributed by atoms with E-state index in [1.165, 1.54) is 0 Å². The smallest absolute Gasteiger partial charge is 0.292 e. The van der Waals surface area contributed by atoms with Crippen LogP contribution in [0.4, 0.5) is 0 Å². The molecule has 0 spiro atoms. The van der Waals surface area contributed by atoms with Crippen molar-refractivity contribution in [3.63, 3.8) is 0 Å². The van der Waals surface area contributed by atoms with Gasteiger partial charge in [-0.1, -0.05) is 23.7 Å². The van der Waals surface area contributed by atoms with E-state index in [1.54, 1.807) is 17.9 Å². The van der Waals surface area contributed by atoms with E-state index in [2.05, 4.69) is 22.2 Å². The van der Waals surface area contributed by atoms with Crippen molar-refractivity contribution < 1.29 is 13.8 Å². The number of hydrogen-bond acceptors (Lipinski definition) is 6. The van der Waals surface area contributed by atoms with Crippen LogP contribution in [0.25, 0.3) is 0 Å². The molecule has 0 saturated carbocycles. The third-order valence-electron chi connectivity index (χ3n) is 4.13. The van der Waals surface area contributed by atoms with Gasteiger partial charge in [0.2, 0.25) is 11.7 Å². The molecule has 0 unspecified atom stereocenters. The van der Waals surface area contributed by atoms with Crippen LogP contribution in [-0.2, 0) is 6.42 Å². The number of nitrogens with zero attached hydrogens (tertiary/aromatic N) is 4. The number of aromatic nitrogens is 3. The van der Waals surface area contributed by atoms with Crippen molar-refractivity contribution in [1.29, 1.82) is 0 Å². The molecule has 3 rings (SSSR count). The van der Waals surface area contributed by atoms with Crippen molar-refractivity contribution in [2.45, 2.75) is 51.9 Å². The van der Waals surface area contributed by atoms with Gasteiger partial charge in [0.25, 0.3) is 5.91 Å². The van der Waals surface area contributed by atoms with E-state index in [0.717, 1.165) is 37.9 Å². The Bertz CT molecular complexity index is 664. The van der Waals surface area contributed by atoms with Crippen LogP contribution in [0, 0.1) is 6.92 Å². The predicted molar refractivity (Wildman–Crippen MR) is 82.0 cm³/mol. The minimum atomic E-state index is -0.124. The Kier molecular flexibility index (Phi) is 4.73. The van der Waals surface area contributed by atoms with Gasteiger partial charge in [-0.05, 0) is 26.2 Å². The van der Waals surface area contributed by atoms with E-state index in [4.69, 9.17) is 9.05 Å². The van der Waals surface area contributed by atoms with Crippen molar-refractivity contribution in [3.8, 4) is 0 Å². The number of amides is 1. The number of rotatable bonds is 5. The maximum atomic E-state index is 12.5. The highest BCUT2D eigenvalue weighted by Gasteiger charge is 2.30. The van der Waals surface area contributed by atoms with E-state index in [9.17, 15) is 4.79 Å². The Morgan fingerprint density at radius 3 is 3.00 bits per heavy atom. The summed E-state index contributed by atoms with van der Waals surface area (Å²) in [5, 5.41) is 7.82. The molecule has 23 heavy (non-hydrogen) atoms. The Morgan fingerprint density at radius 2 is 2.26 bits per heavy atom. The molecule has 0 radical (unpaired) electrons. The van der Waals surface area contributed by atoms with Gasteiger partial charge >= 0.3 is 0 Å². The zero-order valence-electron chi connectivity index (χ0n) is 13.6. The molecule has 1 fully saturated rings. The second-order valence-corrected chi connectivity index (χ2v) is 6.08. The molecule has 124 valence electrons. The lowest BCUT2D eigenvalue weighted by molar-refractivity contribution is 0.0654. The fourth-order valence-corrected chi connectivity index (χ4v) is 2.85. The van der Waals surface area contributed by atoms with Crippen LogP contribution in [0.15, 0.2) is 15.1 Å². The van der Waals surface area contributed by atoms with Crippen molar-refractivity contribution in [2.24, 2.45) is 0 Å². The number of hydrogen-bond donors (Lipinski definition) is 0. The van der Waals surface area contributed by atoms with Crippen molar-refractivity contribution in [2.75, 3.05) is 13.1 Å². The zero-order valence-corrected chi connectivity index (χ0v) is 13.6. The van der Waals surface area contributed by atoms with Crippen LogP contribution >= 0.6 is 0 Å². The van der Waals surface area contributed by atoms with E-state index in [0.29, 0.717) is 24.7 Å². The number of piperidine rings is 1. The summed E-state index contributed by atoms with van der Waals surface area (Å²) in [6.07, 6.45) is 4.86. The first-order valence-electron chi connectivity index (χ1n) is 8.22. The zero-order chi connectivity index (χ0) is 16.2. The maximum absolute atomic E-state index is 12.5. The van der Waals surface area contributed by atoms with E-state index in [-0.39, 0.29) is 17.6 Å². The van der Waals surface area contributed by atoms with Gasteiger partial charge in [-0.2, -0.15) is 4.98 Å². The summed E-state index contributed by atoms with van der Waals surface area (Å²) >= 11 is 0. The highest BCUT2D eigenvalue weighted by atomic mass is 16.5. The first-order valence-corrected chi connectivity index (χ1v) is 8.22. The Hall–Kier alpha value is -2.18. The van der Waals surface area contributed by atoms with Crippen LogP contribution in [0.5, 0.6) is 0 Å². The maximum Gasteiger partial charge on any atom is 0.292 e. The predicted octanol–water partition coefficient (Wildman–Crippen LogP) is 2.73. The molecule has 0 aliphatic carbocycles. The first-order chi connectivity index (χ1) is 11.2. The van der Waals surface area contributed by atoms with Crippen LogP contribution < -0.4 is 0 Å². The van der Waals surface area contributed by atoms with Crippen molar-refractivity contribution >= 4 is 5.91 Å². The van der Waals surface area contributed by atoms with Gasteiger partial charge in [-0.3, -0.25) is 4.79 Å². The topological polar surface area (TPSA) is 85.3 Å². The summed E-state index contributed by atoms with van der Waals surface area (Å²) in [7, 11) is 0. The lowest BCUT2D eigenvalue weighted by Crippen LogP contribution is -2.39. The third-order valence-corrected chi connectivity index (χ3v) is 4.13. The standard InChI is InChI=1S/C16H22N4O3/c1-3-4-7-14-17-15(23-19-14)12-6-5-8-20(10-12)16(21)13-9-11(2)18-22-13/h9,12H,3-8,10H2,1-2H3/t12-/m0/s1. The van der Waals surface area contributed by atoms with Gasteiger partial charge in [0.1, 0.15) is 0 Å². The second kappa shape index (κ2) is 6.93. The molecular formula is C16H22N4O3. The normalized spacial score (nSPS) is 18.3. The molecule has 7 nitrogen and oxygen atoms in total. The minimum absolute atomic E-state index is 0.0968. The molecule has 0 bridgehead atoms. The fourth-order valence-electron chi connectivity index (χ4n) is 2.85. The monoisotopic (exact) mass is 318 g/mol. The van der Waals surface area contributed by atoms with Gasteiger partial charge < -0.3 is 13.9 Å². The van der Waals surface area contributed by atoms with Gasteiger partial charge in [-0.25, -0.2) is 0 Å². The molecule has 0 N–H and O–H groups in total. The molecule has 1 atom stereocenters. The van der Waals surface area contributed by atoms with Crippen LogP contribution in [0.3, 0.4) is 0 Å². The van der Waals surface area contributed by atoms with Crippen molar-refractivity contribution in [1.82, 2.24) is 20.2 Å². The number of aryl methyl sites for hydroxylation is 2. The van der Waals surface area contributed by atoms with Gasteiger partial charge in [-0.15, -0.1) is 0 Å². The van der Waals surface area contributed by atoms with Gasteiger partial charge in [0.15, 0.2) is 5.82 Å². The second-order valence-electron chi connectivity index (χ2n) is 6.08. The highest BCUT2D eigenvalue weighted by molar-refractivity contribution is 5.91. The summed E-state index contributed by atoms with van der Waals surface area (Å²) in [6.45, 7) is 5.23. The van der Waals surface area contributed by atoms with Crippen LogP contribution in [-0.4, -0.2) is 39.2 Å². The third kappa shape index (κ3) is 3.60. The van der Waals surface area contributed by atoms with E-state index >= 15 is 0 Å². The molecular weight excluding hydrogens is 296 g/mol. The Labute approximate surface area is 135 Å². The lowest BCUT2D eigenvalue weighted by Gasteiger charge is -2.30. The lowest BCUT2D eigenvalue weighted by atomic mass is 9.97. The van der Waals surface area contributed by atoms with Crippen molar-refractivity contribution in [3.05, 3.63) is 29.2 Å². The molecule has 1 amide bonds. The average molecular weight is 318 g/mol. The number of carbonyl (C=O) groups is 1. The summed E-state index contributed by atoms with van der Waals surface area (Å²) in [4.78, 5) is 18.7. The average Bonchev–Trinajstić information content (AvgIpc) is 3.21. The number of unbranched alkanes of at least 4 members (excludes halogenated alkanes) is 1. The molecule has 0 aromatic carbocycles. The SMILES string of the molecule is CCCCc1noc([C@H]2CCCN(C(=O)c3cc(C)no3)C2)n1. The molecule has 1 aliphatic rings. The first kappa shape index (κ1) is 15.7. The fraction of sp³-hybridized carbons (Fsp3) is 0.625. The quantitative estimate of drug-likeness (QED) is 0.842. The summed E-state index contributed by atoms with van der Waals surface area (Å²) in [5.74, 6) is 1.66. The molecule has 7 heteroatoms. The highest BCUT2D eigenvalue weighted by Crippen LogP contribution is 2.27. The number of carbonyl (C=O) groups excluding carboxylic acids is 1. The van der Waals surface area contributed by atoms with E-state index in [1.807, 2.05) is 0 Å². The van der Waals surface area contributed by atoms with E-state index < -0.39 is 0 Å². The summed E-state index contributed by atoms with van der Waals surface area (Å²) in [5.41, 5.74) is 0.708. The summed E-state index contributed by atoms with van der Waals surface area (Å²) in [6, 6.07) is 1.67. The van der Waals surface area contributed by atoms with Gasteiger partial charge in [0, 0.05) is 25.6 Å². The minimum Gasteiger partial charge on any atom is -0.351 e. The molecule has 1 aliphatic heterocycles.